The van der Waals surface area contributed by atoms with Crippen molar-refractivity contribution in [1.82, 2.24) is 5.32 Å². The van der Waals surface area contributed by atoms with E-state index in [0.717, 1.165) is 18.6 Å². The average molecular weight is 263 g/mol. The Balaban J connectivity index is 2.15. The monoisotopic (exact) mass is 263 g/mol. The maximum Gasteiger partial charge on any atom is 0.220 e. The number of carbonyl (C=O) groups is 1. The number of rotatable bonds is 8. The Hall–Kier alpha value is -1.51. The second-order valence-corrected chi connectivity index (χ2v) is 5.11. The molecule has 1 N–H and O–H groups in total. The summed E-state index contributed by atoms with van der Waals surface area (Å²) in [6.07, 6.45) is 2.84. The molecule has 1 atom stereocenters. The summed E-state index contributed by atoms with van der Waals surface area (Å²) in [5, 5.41) is 2.89. The molecule has 1 rings (SSSR count). The van der Waals surface area contributed by atoms with E-state index in [9.17, 15) is 4.79 Å². The molecule has 1 aromatic rings. The fraction of sp³-hybridized carbons (Fsp3) is 0.562. The number of ether oxygens (including phenoxy) is 1. The van der Waals surface area contributed by atoms with Crippen LogP contribution in [0.1, 0.15) is 38.7 Å². The number of carbonyl (C=O) groups excluding carboxylic acids is 1. The van der Waals surface area contributed by atoms with Gasteiger partial charge in [-0.1, -0.05) is 38.8 Å². The molecule has 0 bridgehead atoms. The van der Waals surface area contributed by atoms with E-state index >= 15 is 0 Å². The van der Waals surface area contributed by atoms with Crippen LogP contribution >= 0.6 is 0 Å². The molecule has 0 saturated carbocycles. The predicted octanol–water partition coefficient (Wildman–Crippen LogP) is 3.32. The summed E-state index contributed by atoms with van der Waals surface area (Å²) in [5.41, 5.74) is 1.18. The number of benzene rings is 1. The van der Waals surface area contributed by atoms with E-state index in [2.05, 4.69) is 19.2 Å². The third-order valence-corrected chi connectivity index (χ3v) is 3.00. The Morgan fingerprint density at radius 2 is 2.21 bits per heavy atom. The van der Waals surface area contributed by atoms with Crippen LogP contribution < -0.4 is 10.1 Å². The molecule has 0 aliphatic carbocycles. The molecule has 0 aromatic heterocycles. The summed E-state index contributed by atoms with van der Waals surface area (Å²) in [4.78, 5) is 11.6. The van der Waals surface area contributed by atoms with Crippen molar-refractivity contribution >= 4 is 5.91 Å². The highest BCUT2D eigenvalue weighted by Crippen LogP contribution is 2.12. The van der Waals surface area contributed by atoms with Crippen LogP contribution in [-0.4, -0.2) is 19.1 Å². The number of aryl methyl sites for hydroxylation is 1. The highest BCUT2D eigenvalue weighted by molar-refractivity contribution is 5.76. The van der Waals surface area contributed by atoms with Gasteiger partial charge in [-0.2, -0.15) is 0 Å². The lowest BCUT2D eigenvalue weighted by Gasteiger charge is -2.11. The molecule has 0 heterocycles. The van der Waals surface area contributed by atoms with Gasteiger partial charge in [0, 0.05) is 6.42 Å². The Kier molecular flexibility index (Phi) is 7.01. The van der Waals surface area contributed by atoms with Crippen molar-refractivity contribution in [3.05, 3.63) is 29.8 Å². The fourth-order valence-corrected chi connectivity index (χ4v) is 2.05. The summed E-state index contributed by atoms with van der Waals surface area (Å²) in [7, 11) is 0. The zero-order chi connectivity index (χ0) is 14.1. The molecule has 1 unspecified atom stereocenters. The van der Waals surface area contributed by atoms with Gasteiger partial charge in [-0.05, 0) is 30.5 Å². The lowest BCUT2D eigenvalue weighted by Crippen LogP contribution is -2.29. The maximum atomic E-state index is 11.6. The quantitative estimate of drug-likeness (QED) is 0.731. The molecular weight excluding hydrogens is 238 g/mol. The Bertz CT molecular complexity index is 390. The van der Waals surface area contributed by atoms with Gasteiger partial charge in [-0.15, -0.1) is 0 Å². The molecule has 0 spiro atoms. The van der Waals surface area contributed by atoms with E-state index in [1.807, 2.05) is 31.2 Å². The van der Waals surface area contributed by atoms with Crippen molar-refractivity contribution in [1.29, 1.82) is 0 Å². The van der Waals surface area contributed by atoms with Crippen LogP contribution in [0.2, 0.25) is 0 Å². The van der Waals surface area contributed by atoms with Gasteiger partial charge >= 0.3 is 0 Å². The second kappa shape index (κ2) is 8.57. The number of hydrogen-bond donors (Lipinski definition) is 1. The van der Waals surface area contributed by atoms with Gasteiger partial charge < -0.3 is 10.1 Å². The molecule has 19 heavy (non-hydrogen) atoms. The topological polar surface area (TPSA) is 38.3 Å². The summed E-state index contributed by atoms with van der Waals surface area (Å²) >= 11 is 0. The minimum Gasteiger partial charge on any atom is -0.492 e. The van der Waals surface area contributed by atoms with Crippen molar-refractivity contribution in [2.75, 3.05) is 13.2 Å². The second-order valence-electron chi connectivity index (χ2n) is 5.11. The number of amides is 1. The van der Waals surface area contributed by atoms with Gasteiger partial charge in [0.25, 0.3) is 0 Å². The molecule has 0 aliphatic rings. The lowest BCUT2D eigenvalue weighted by atomic mass is 10.0. The van der Waals surface area contributed by atoms with E-state index in [1.54, 1.807) is 0 Å². The molecule has 3 heteroatoms. The van der Waals surface area contributed by atoms with E-state index < -0.39 is 0 Å². The number of nitrogens with one attached hydrogen (secondary N) is 1. The first-order valence-electron chi connectivity index (χ1n) is 7.08. The Morgan fingerprint density at radius 3 is 2.89 bits per heavy atom. The van der Waals surface area contributed by atoms with Crippen molar-refractivity contribution in [3.63, 3.8) is 0 Å². The van der Waals surface area contributed by atoms with Crippen LogP contribution in [0.15, 0.2) is 24.3 Å². The van der Waals surface area contributed by atoms with Crippen LogP contribution in [0, 0.1) is 12.8 Å². The predicted molar refractivity (Wildman–Crippen MR) is 78.4 cm³/mol. The summed E-state index contributed by atoms with van der Waals surface area (Å²) in [6, 6.07) is 7.92. The van der Waals surface area contributed by atoms with Gasteiger partial charge in [0.2, 0.25) is 5.91 Å². The van der Waals surface area contributed by atoms with Crippen molar-refractivity contribution in [2.24, 2.45) is 5.92 Å². The maximum absolute atomic E-state index is 11.6. The molecular formula is C16H25NO2. The van der Waals surface area contributed by atoms with Crippen LogP contribution in [0.5, 0.6) is 5.75 Å². The van der Waals surface area contributed by atoms with E-state index in [1.165, 1.54) is 5.56 Å². The van der Waals surface area contributed by atoms with Crippen LogP contribution in [0.3, 0.4) is 0 Å². The first-order valence-corrected chi connectivity index (χ1v) is 7.08. The molecule has 106 valence electrons. The highest BCUT2D eigenvalue weighted by Gasteiger charge is 2.07. The minimum atomic E-state index is 0.119. The fourth-order valence-electron chi connectivity index (χ4n) is 2.05. The third-order valence-electron chi connectivity index (χ3n) is 3.00. The van der Waals surface area contributed by atoms with Gasteiger partial charge in [0.15, 0.2) is 0 Å². The lowest BCUT2D eigenvalue weighted by molar-refractivity contribution is -0.122. The molecule has 1 amide bonds. The first kappa shape index (κ1) is 15.5. The zero-order valence-corrected chi connectivity index (χ0v) is 12.2. The summed E-state index contributed by atoms with van der Waals surface area (Å²) in [6.45, 7) is 7.36. The summed E-state index contributed by atoms with van der Waals surface area (Å²) in [5.74, 6) is 1.44. The van der Waals surface area contributed by atoms with Crippen molar-refractivity contribution < 1.29 is 9.53 Å². The summed E-state index contributed by atoms with van der Waals surface area (Å²) < 4.78 is 5.57. The first-order chi connectivity index (χ1) is 9.11. The standard InChI is InChI=1S/C16H25NO2/c1-4-6-13(2)12-16(18)17-9-10-19-15-8-5-7-14(3)11-15/h5,7-8,11,13H,4,6,9-10,12H2,1-3H3,(H,17,18). The average Bonchev–Trinajstić information content (AvgIpc) is 2.35. The Morgan fingerprint density at radius 1 is 1.42 bits per heavy atom. The van der Waals surface area contributed by atoms with Gasteiger partial charge in [0.05, 0.1) is 6.54 Å². The van der Waals surface area contributed by atoms with Gasteiger partial charge in [-0.25, -0.2) is 0 Å². The van der Waals surface area contributed by atoms with E-state index in [4.69, 9.17) is 4.74 Å². The SMILES string of the molecule is CCCC(C)CC(=O)NCCOc1cccc(C)c1. The minimum absolute atomic E-state index is 0.119. The zero-order valence-electron chi connectivity index (χ0n) is 12.2. The largest absolute Gasteiger partial charge is 0.492 e. The molecule has 0 radical (unpaired) electrons. The van der Waals surface area contributed by atoms with Crippen LogP contribution in [-0.2, 0) is 4.79 Å². The molecule has 3 nitrogen and oxygen atoms in total. The molecule has 0 saturated heterocycles. The van der Waals surface area contributed by atoms with E-state index in [0.29, 0.717) is 25.5 Å². The van der Waals surface area contributed by atoms with E-state index in [-0.39, 0.29) is 5.91 Å². The van der Waals surface area contributed by atoms with Crippen molar-refractivity contribution in [2.45, 2.75) is 40.0 Å². The Labute approximate surface area is 116 Å². The van der Waals surface area contributed by atoms with Gasteiger partial charge in [-0.3, -0.25) is 4.79 Å². The third kappa shape index (κ3) is 6.85. The molecule has 1 aromatic carbocycles. The smallest absolute Gasteiger partial charge is 0.220 e. The highest BCUT2D eigenvalue weighted by atomic mass is 16.5. The van der Waals surface area contributed by atoms with Gasteiger partial charge in [0.1, 0.15) is 12.4 Å². The molecule has 0 fully saturated rings. The normalized spacial score (nSPS) is 11.9. The van der Waals surface area contributed by atoms with Crippen LogP contribution in [0.4, 0.5) is 0 Å². The molecule has 0 aliphatic heterocycles. The number of hydrogen-bond acceptors (Lipinski definition) is 2. The van der Waals surface area contributed by atoms with Crippen LogP contribution in [0.25, 0.3) is 0 Å². The van der Waals surface area contributed by atoms with Crippen molar-refractivity contribution in [3.8, 4) is 5.75 Å².